The molecule has 0 radical (unpaired) electrons. The van der Waals surface area contributed by atoms with Gasteiger partial charge in [-0.25, -0.2) is 0 Å². The van der Waals surface area contributed by atoms with Crippen LogP contribution in [0.2, 0.25) is 5.02 Å². The van der Waals surface area contributed by atoms with E-state index < -0.39 is 5.60 Å². The van der Waals surface area contributed by atoms with Crippen molar-refractivity contribution >= 4 is 22.6 Å². The highest BCUT2D eigenvalue weighted by atomic mass is 35.5. The van der Waals surface area contributed by atoms with Gasteiger partial charge in [-0.1, -0.05) is 11.6 Å². The summed E-state index contributed by atoms with van der Waals surface area (Å²) in [5.74, 6) is 0.459. The van der Waals surface area contributed by atoms with E-state index in [1.165, 1.54) is 12.5 Å². The Morgan fingerprint density at radius 2 is 2.06 bits per heavy atom. The van der Waals surface area contributed by atoms with Gasteiger partial charge in [-0.15, -0.1) is 0 Å². The zero-order chi connectivity index (χ0) is 12.8. The average Bonchev–Trinajstić information content (AvgIpc) is 2.97. The van der Waals surface area contributed by atoms with Gasteiger partial charge >= 0.3 is 0 Å². The van der Waals surface area contributed by atoms with E-state index in [4.69, 9.17) is 20.4 Å². The Bertz CT molecular complexity index is 680. The first-order chi connectivity index (χ1) is 8.57. The Balaban J connectivity index is 2.14. The lowest BCUT2D eigenvalue weighted by Crippen LogP contribution is -2.20. The molecule has 0 spiro atoms. The summed E-state index contributed by atoms with van der Waals surface area (Å²) >= 11 is 5.92. The molecule has 92 valence electrons. The summed E-state index contributed by atoms with van der Waals surface area (Å²) < 4.78 is 10.7. The van der Waals surface area contributed by atoms with Crippen molar-refractivity contribution in [1.82, 2.24) is 0 Å². The van der Waals surface area contributed by atoms with Crippen molar-refractivity contribution in [3.8, 4) is 0 Å². The van der Waals surface area contributed by atoms with Crippen LogP contribution in [0.15, 0.2) is 51.7 Å². The Morgan fingerprint density at radius 3 is 2.78 bits per heavy atom. The minimum atomic E-state index is -1.22. The predicted octanol–water partition coefficient (Wildman–Crippen LogP) is 3.94. The van der Waals surface area contributed by atoms with Crippen molar-refractivity contribution < 1.29 is 13.9 Å². The molecule has 3 nitrogen and oxygen atoms in total. The second kappa shape index (κ2) is 3.90. The molecule has 2 heterocycles. The standard InChI is InChI=1S/C14H11ClO3/c1-14(16,10-4-5-17-8-10)13-7-9-6-11(15)2-3-12(9)18-13/h2-8,16H,1H3. The molecule has 3 rings (SSSR count). The van der Waals surface area contributed by atoms with Crippen molar-refractivity contribution in [2.75, 3.05) is 0 Å². The molecule has 1 unspecified atom stereocenters. The minimum Gasteiger partial charge on any atom is -0.472 e. The highest BCUT2D eigenvalue weighted by molar-refractivity contribution is 6.31. The van der Waals surface area contributed by atoms with Crippen LogP contribution in [0.4, 0.5) is 0 Å². The molecule has 0 saturated heterocycles. The fraction of sp³-hybridized carbons (Fsp3) is 0.143. The highest BCUT2D eigenvalue weighted by Crippen LogP contribution is 2.34. The van der Waals surface area contributed by atoms with E-state index >= 15 is 0 Å². The summed E-state index contributed by atoms with van der Waals surface area (Å²) in [6, 6.07) is 8.83. The summed E-state index contributed by atoms with van der Waals surface area (Å²) in [4.78, 5) is 0. The minimum absolute atomic E-state index is 0.459. The maximum absolute atomic E-state index is 10.5. The van der Waals surface area contributed by atoms with Crippen LogP contribution in [-0.2, 0) is 5.60 Å². The predicted molar refractivity (Wildman–Crippen MR) is 68.6 cm³/mol. The highest BCUT2D eigenvalue weighted by Gasteiger charge is 2.30. The molecule has 4 heteroatoms. The summed E-state index contributed by atoms with van der Waals surface area (Å²) in [6.45, 7) is 1.66. The van der Waals surface area contributed by atoms with Gasteiger partial charge in [0.25, 0.3) is 0 Å². The quantitative estimate of drug-likeness (QED) is 0.761. The average molecular weight is 263 g/mol. The monoisotopic (exact) mass is 262 g/mol. The molecule has 18 heavy (non-hydrogen) atoms. The molecule has 0 aliphatic rings. The van der Waals surface area contributed by atoms with Gasteiger partial charge in [0.1, 0.15) is 16.9 Å². The second-order valence-corrected chi connectivity index (χ2v) is 4.81. The molecule has 2 aromatic heterocycles. The Labute approximate surface area is 109 Å². The van der Waals surface area contributed by atoms with Crippen LogP contribution in [0.25, 0.3) is 11.0 Å². The molecule has 1 N–H and O–H groups in total. The van der Waals surface area contributed by atoms with Crippen molar-refractivity contribution in [1.29, 1.82) is 0 Å². The van der Waals surface area contributed by atoms with Crippen LogP contribution in [0.3, 0.4) is 0 Å². The third-order valence-electron chi connectivity index (χ3n) is 3.04. The topological polar surface area (TPSA) is 46.5 Å². The molecular formula is C14H11ClO3. The second-order valence-electron chi connectivity index (χ2n) is 4.38. The summed E-state index contributed by atoms with van der Waals surface area (Å²) in [6.07, 6.45) is 3.02. The van der Waals surface area contributed by atoms with Crippen LogP contribution < -0.4 is 0 Å². The third-order valence-corrected chi connectivity index (χ3v) is 3.28. The maximum atomic E-state index is 10.5. The molecule has 0 bridgehead atoms. The first kappa shape index (κ1) is 11.4. The number of furan rings is 2. The van der Waals surface area contributed by atoms with E-state index in [0.717, 1.165) is 5.39 Å². The zero-order valence-electron chi connectivity index (χ0n) is 9.68. The molecular weight excluding hydrogens is 252 g/mol. The molecule has 1 aromatic carbocycles. The summed E-state index contributed by atoms with van der Waals surface area (Å²) in [5, 5.41) is 12.0. The Morgan fingerprint density at radius 1 is 1.22 bits per heavy atom. The molecule has 0 aliphatic heterocycles. The number of fused-ring (bicyclic) bond motifs is 1. The molecule has 0 fully saturated rings. The van der Waals surface area contributed by atoms with Gasteiger partial charge in [-0.3, -0.25) is 0 Å². The molecule has 0 aliphatic carbocycles. The van der Waals surface area contributed by atoms with Crippen molar-refractivity contribution in [3.63, 3.8) is 0 Å². The fourth-order valence-electron chi connectivity index (χ4n) is 1.94. The van der Waals surface area contributed by atoms with E-state index in [9.17, 15) is 5.11 Å². The lowest BCUT2D eigenvalue weighted by Gasteiger charge is -2.18. The maximum Gasteiger partial charge on any atom is 0.147 e. The van der Waals surface area contributed by atoms with Crippen LogP contribution in [-0.4, -0.2) is 5.11 Å². The first-order valence-electron chi connectivity index (χ1n) is 5.52. The Kier molecular flexibility index (Phi) is 2.47. The van der Waals surface area contributed by atoms with Crippen molar-refractivity contribution in [3.05, 3.63) is 59.2 Å². The van der Waals surface area contributed by atoms with Crippen LogP contribution in [0.5, 0.6) is 0 Å². The number of aliphatic hydroxyl groups is 1. The van der Waals surface area contributed by atoms with E-state index in [-0.39, 0.29) is 0 Å². The van der Waals surface area contributed by atoms with Gasteiger partial charge in [0, 0.05) is 16.0 Å². The SMILES string of the molecule is CC(O)(c1ccoc1)c1cc2cc(Cl)ccc2o1. The van der Waals surface area contributed by atoms with Crippen LogP contribution in [0.1, 0.15) is 18.2 Å². The van der Waals surface area contributed by atoms with E-state index in [0.29, 0.717) is 21.9 Å². The third kappa shape index (κ3) is 1.72. The number of hydrogen-bond acceptors (Lipinski definition) is 3. The molecule has 0 saturated carbocycles. The Hall–Kier alpha value is -1.71. The lowest BCUT2D eigenvalue weighted by molar-refractivity contribution is 0.0780. The van der Waals surface area contributed by atoms with E-state index in [1.807, 2.05) is 0 Å². The van der Waals surface area contributed by atoms with E-state index in [1.54, 1.807) is 37.3 Å². The number of benzene rings is 1. The lowest BCUT2D eigenvalue weighted by atomic mass is 9.96. The largest absolute Gasteiger partial charge is 0.472 e. The number of hydrogen-bond donors (Lipinski definition) is 1. The van der Waals surface area contributed by atoms with Gasteiger partial charge in [0.15, 0.2) is 0 Å². The van der Waals surface area contributed by atoms with Gasteiger partial charge in [0.05, 0.1) is 12.5 Å². The normalized spacial score (nSPS) is 14.8. The van der Waals surface area contributed by atoms with Crippen molar-refractivity contribution in [2.24, 2.45) is 0 Å². The molecule has 1 atom stereocenters. The first-order valence-corrected chi connectivity index (χ1v) is 5.90. The van der Waals surface area contributed by atoms with Gasteiger partial charge < -0.3 is 13.9 Å². The summed E-state index contributed by atoms with van der Waals surface area (Å²) in [5.41, 5.74) is 0.115. The molecule has 0 amide bonds. The van der Waals surface area contributed by atoms with E-state index in [2.05, 4.69) is 0 Å². The van der Waals surface area contributed by atoms with Gasteiger partial charge in [0.2, 0.25) is 0 Å². The van der Waals surface area contributed by atoms with Crippen LogP contribution in [0, 0.1) is 0 Å². The van der Waals surface area contributed by atoms with Gasteiger partial charge in [-0.05, 0) is 37.3 Å². The fourth-order valence-corrected chi connectivity index (χ4v) is 2.12. The van der Waals surface area contributed by atoms with Crippen molar-refractivity contribution in [2.45, 2.75) is 12.5 Å². The molecule has 3 aromatic rings. The number of halogens is 1. The zero-order valence-corrected chi connectivity index (χ0v) is 10.4. The summed E-state index contributed by atoms with van der Waals surface area (Å²) in [7, 11) is 0. The van der Waals surface area contributed by atoms with Crippen LogP contribution >= 0.6 is 11.6 Å². The van der Waals surface area contributed by atoms with Gasteiger partial charge in [-0.2, -0.15) is 0 Å². The smallest absolute Gasteiger partial charge is 0.147 e. The number of rotatable bonds is 2.